The van der Waals surface area contributed by atoms with Crippen LogP contribution in [0.2, 0.25) is 0 Å². The Hall–Kier alpha value is -3.27. The van der Waals surface area contributed by atoms with Crippen molar-refractivity contribution in [1.29, 1.82) is 0 Å². The van der Waals surface area contributed by atoms with Crippen molar-refractivity contribution in [1.82, 2.24) is 0 Å². The third-order valence-corrected chi connectivity index (χ3v) is 6.06. The summed E-state index contributed by atoms with van der Waals surface area (Å²) in [6.07, 6.45) is 1.64. The summed E-state index contributed by atoms with van der Waals surface area (Å²) in [6, 6.07) is 5.78. The van der Waals surface area contributed by atoms with Crippen molar-refractivity contribution in [3.63, 3.8) is 0 Å². The first kappa shape index (κ1) is 20.0. The number of nitrogens with zero attached hydrogens (tertiary/aromatic N) is 1. The zero-order chi connectivity index (χ0) is 21.3. The Balaban J connectivity index is 1.31. The maximum Gasteiger partial charge on any atom is 0.351 e. The van der Waals surface area contributed by atoms with E-state index in [9.17, 15) is 18.8 Å². The number of esters is 1. The number of nitrogens with one attached hydrogen (secondary N) is 1. The van der Waals surface area contributed by atoms with Gasteiger partial charge in [0.05, 0.1) is 11.3 Å². The molecule has 0 unspecified atom stereocenters. The minimum atomic E-state index is -1.01. The number of carbonyl (C=O) groups is 3. The van der Waals surface area contributed by atoms with Gasteiger partial charge in [-0.05, 0) is 37.0 Å². The van der Waals surface area contributed by atoms with Crippen molar-refractivity contribution in [2.24, 2.45) is 10.9 Å². The lowest BCUT2D eigenvalue weighted by molar-refractivity contribution is -0.157. The number of hydrogen-bond donors (Lipinski definition) is 2. The summed E-state index contributed by atoms with van der Waals surface area (Å²) in [5, 5.41) is 6.78. The van der Waals surface area contributed by atoms with E-state index < -0.39 is 36.3 Å². The molecule has 1 atom stereocenters. The van der Waals surface area contributed by atoms with Gasteiger partial charge in [0.15, 0.2) is 6.61 Å². The molecule has 0 radical (unpaired) electrons. The van der Waals surface area contributed by atoms with Crippen molar-refractivity contribution in [2.75, 3.05) is 11.9 Å². The van der Waals surface area contributed by atoms with Gasteiger partial charge in [0.2, 0.25) is 6.10 Å². The van der Waals surface area contributed by atoms with Gasteiger partial charge < -0.3 is 20.6 Å². The van der Waals surface area contributed by atoms with E-state index in [-0.39, 0.29) is 6.42 Å². The molecule has 10 heteroatoms. The first-order valence-electron chi connectivity index (χ1n) is 9.32. The number of amides is 2. The van der Waals surface area contributed by atoms with E-state index in [1.165, 1.54) is 29.5 Å². The Kier molecular flexibility index (Phi) is 5.49. The van der Waals surface area contributed by atoms with Crippen LogP contribution in [0.5, 0.6) is 0 Å². The first-order valence-corrected chi connectivity index (χ1v) is 10.1. The van der Waals surface area contributed by atoms with Gasteiger partial charge in [-0.1, -0.05) is 17.3 Å². The maximum atomic E-state index is 13.3. The number of oxime groups is 1. The average molecular weight is 431 g/mol. The van der Waals surface area contributed by atoms with E-state index in [1.54, 1.807) is 6.07 Å². The predicted molar refractivity (Wildman–Crippen MR) is 107 cm³/mol. The van der Waals surface area contributed by atoms with Gasteiger partial charge in [0, 0.05) is 16.9 Å². The van der Waals surface area contributed by atoms with Gasteiger partial charge in [-0.2, -0.15) is 0 Å². The minimum Gasteiger partial charge on any atom is -0.453 e. The van der Waals surface area contributed by atoms with E-state index in [4.69, 9.17) is 15.3 Å². The molecular weight excluding hydrogens is 413 g/mol. The molecule has 156 valence electrons. The smallest absolute Gasteiger partial charge is 0.351 e. The number of rotatable bonds is 6. The van der Waals surface area contributed by atoms with Crippen LogP contribution < -0.4 is 11.1 Å². The summed E-state index contributed by atoms with van der Waals surface area (Å²) in [5.74, 6) is -2.37. The monoisotopic (exact) mass is 431 g/mol. The molecule has 2 heterocycles. The number of primary amides is 1. The quantitative estimate of drug-likeness (QED) is 0.679. The fourth-order valence-corrected chi connectivity index (χ4v) is 4.80. The number of hydrogen-bond acceptors (Lipinski definition) is 7. The summed E-state index contributed by atoms with van der Waals surface area (Å²) in [5.41, 5.74) is 7.61. The van der Waals surface area contributed by atoms with E-state index in [0.29, 0.717) is 21.8 Å². The highest BCUT2D eigenvalue weighted by Gasteiger charge is 2.31. The number of ether oxygens (including phenoxy) is 1. The van der Waals surface area contributed by atoms with Gasteiger partial charge in [-0.25, -0.2) is 9.18 Å². The lowest BCUT2D eigenvalue weighted by Gasteiger charge is -2.09. The molecule has 0 saturated heterocycles. The topological polar surface area (TPSA) is 120 Å². The van der Waals surface area contributed by atoms with Crippen molar-refractivity contribution in [3.8, 4) is 0 Å². The van der Waals surface area contributed by atoms with Crippen molar-refractivity contribution in [2.45, 2.75) is 31.8 Å². The SMILES string of the molecule is NC(=O)c1c(NC(=O)COC(=O)[C@@H]2CC(c3cccc(F)c3)=NO2)sc2c1CCC2. The lowest BCUT2D eigenvalue weighted by Crippen LogP contribution is -2.28. The highest BCUT2D eigenvalue weighted by molar-refractivity contribution is 7.17. The normalized spacial score (nSPS) is 17.1. The second-order valence-electron chi connectivity index (χ2n) is 6.93. The molecule has 3 N–H and O–H groups in total. The Bertz CT molecular complexity index is 1060. The third kappa shape index (κ3) is 4.04. The summed E-state index contributed by atoms with van der Waals surface area (Å²) in [6.45, 7) is -0.547. The molecule has 0 fully saturated rings. The van der Waals surface area contributed by atoms with Gasteiger partial charge in [-0.15, -0.1) is 11.3 Å². The highest BCUT2D eigenvalue weighted by atomic mass is 32.1. The third-order valence-electron chi connectivity index (χ3n) is 4.86. The molecule has 0 saturated carbocycles. The molecule has 4 rings (SSSR count). The second kappa shape index (κ2) is 8.23. The molecule has 30 heavy (non-hydrogen) atoms. The Morgan fingerprint density at radius 2 is 2.17 bits per heavy atom. The van der Waals surface area contributed by atoms with E-state index in [2.05, 4.69) is 10.5 Å². The van der Waals surface area contributed by atoms with Gasteiger partial charge in [0.25, 0.3) is 11.8 Å². The van der Waals surface area contributed by atoms with Crippen LogP contribution >= 0.6 is 11.3 Å². The van der Waals surface area contributed by atoms with Crippen LogP contribution in [0, 0.1) is 5.82 Å². The number of benzene rings is 1. The lowest BCUT2D eigenvalue weighted by atomic mass is 10.1. The van der Waals surface area contributed by atoms with Crippen LogP contribution in [0.4, 0.5) is 9.39 Å². The van der Waals surface area contributed by atoms with Crippen LogP contribution in [0.3, 0.4) is 0 Å². The summed E-state index contributed by atoms with van der Waals surface area (Å²) < 4.78 is 18.3. The average Bonchev–Trinajstić information content (AvgIpc) is 3.41. The number of anilines is 1. The van der Waals surface area contributed by atoms with Crippen molar-refractivity contribution in [3.05, 3.63) is 51.7 Å². The first-order chi connectivity index (χ1) is 14.4. The van der Waals surface area contributed by atoms with Crippen molar-refractivity contribution < 1.29 is 28.3 Å². The molecular formula is C20H18FN3O5S. The number of carbonyl (C=O) groups excluding carboxylic acids is 3. The van der Waals surface area contributed by atoms with Crippen molar-refractivity contribution >= 4 is 39.8 Å². The summed E-state index contributed by atoms with van der Waals surface area (Å²) in [4.78, 5) is 42.3. The summed E-state index contributed by atoms with van der Waals surface area (Å²) >= 11 is 1.32. The molecule has 2 amide bonds. The number of thiophene rings is 1. The number of aryl methyl sites for hydroxylation is 1. The van der Waals surface area contributed by atoms with Gasteiger partial charge in [-0.3, -0.25) is 9.59 Å². The Labute approximate surface area is 174 Å². The highest BCUT2D eigenvalue weighted by Crippen LogP contribution is 2.38. The number of nitrogens with two attached hydrogens (primary N) is 1. The standard InChI is InChI=1S/C20H18FN3O5S/c21-11-4-1-3-10(7-11)13-8-14(29-24-13)20(27)28-9-16(25)23-19-17(18(22)26)12-5-2-6-15(12)30-19/h1,3-4,7,14H,2,5-6,8-9H2,(H2,22,26)(H,23,25)/t14-/m0/s1. The molecule has 0 bridgehead atoms. The molecule has 1 aliphatic carbocycles. The summed E-state index contributed by atoms with van der Waals surface area (Å²) in [7, 11) is 0. The fraction of sp³-hybridized carbons (Fsp3) is 0.300. The number of halogens is 1. The zero-order valence-electron chi connectivity index (χ0n) is 15.8. The maximum absolute atomic E-state index is 13.3. The second-order valence-corrected chi connectivity index (χ2v) is 8.03. The van der Waals surface area contributed by atoms with Crippen LogP contribution in [-0.4, -0.2) is 36.2 Å². The fourth-order valence-electron chi connectivity index (χ4n) is 3.49. The molecule has 1 aliphatic heterocycles. The van der Waals surface area contributed by atoms with Gasteiger partial charge >= 0.3 is 5.97 Å². The molecule has 2 aromatic rings. The Morgan fingerprint density at radius 3 is 2.93 bits per heavy atom. The van der Waals surface area contributed by atoms with Crippen LogP contribution in [0.15, 0.2) is 29.4 Å². The predicted octanol–water partition coefficient (Wildman–Crippen LogP) is 2.15. The molecule has 1 aromatic carbocycles. The molecule has 2 aliphatic rings. The van der Waals surface area contributed by atoms with Crippen LogP contribution in [-0.2, 0) is 32.0 Å². The molecule has 0 spiro atoms. The molecule has 8 nitrogen and oxygen atoms in total. The number of fused-ring (bicyclic) bond motifs is 1. The van der Waals surface area contributed by atoms with Crippen LogP contribution in [0.25, 0.3) is 0 Å². The van der Waals surface area contributed by atoms with Gasteiger partial charge in [0.1, 0.15) is 10.8 Å². The van der Waals surface area contributed by atoms with Crippen LogP contribution in [0.1, 0.15) is 39.2 Å². The van der Waals surface area contributed by atoms with E-state index in [1.807, 2.05) is 0 Å². The zero-order valence-corrected chi connectivity index (χ0v) is 16.6. The largest absolute Gasteiger partial charge is 0.453 e. The minimum absolute atomic E-state index is 0.105. The molecule has 1 aromatic heterocycles. The van der Waals surface area contributed by atoms with E-state index in [0.717, 1.165) is 29.7 Å². The van der Waals surface area contributed by atoms with E-state index >= 15 is 0 Å². The Morgan fingerprint density at radius 1 is 1.33 bits per heavy atom.